The minimum Gasteiger partial charge on any atom is -0.357 e. The summed E-state index contributed by atoms with van der Waals surface area (Å²) in [4.78, 5) is 24.2. The molecule has 0 saturated carbocycles. The lowest BCUT2D eigenvalue weighted by molar-refractivity contribution is -0.128. The van der Waals surface area contributed by atoms with Crippen LogP contribution < -0.4 is 5.32 Å². The van der Waals surface area contributed by atoms with Gasteiger partial charge in [0.1, 0.15) is 6.54 Å². The van der Waals surface area contributed by atoms with Crippen LogP contribution in [-0.2, 0) is 11.3 Å². The van der Waals surface area contributed by atoms with Crippen molar-refractivity contribution in [1.82, 2.24) is 20.0 Å². The highest BCUT2D eigenvalue weighted by Gasteiger charge is 2.36. The lowest BCUT2D eigenvalue weighted by Crippen LogP contribution is -2.56. The largest absolute Gasteiger partial charge is 0.357 e. The Balaban J connectivity index is 1.37. The Bertz CT molecular complexity index is 716. The maximum atomic E-state index is 12.4. The predicted molar refractivity (Wildman–Crippen MR) is 121 cm³/mol. The van der Waals surface area contributed by atoms with E-state index in [1.807, 2.05) is 4.90 Å². The minimum atomic E-state index is 0.171. The number of nitrogens with one attached hydrogen (secondary N) is 1. The molecule has 164 valence electrons. The van der Waals surface area contributed by atoms with Gasteiger partial charge in [0.05, 0.1) is 0 Å². The van der Waals surface area contributed by atoms with Crippen molar-refractivity contribution in [3.63, 3.8) is 0 Å². The van der Waals surface area contributed by atoms with Gasteiger partial charge in [-0.25, -0.2) is 4.99 Å². The van der Waals surface area contributed by atoms with E-state index in [1.54, 1.807) is 0 Å². The van der Waals surface area contributed by atoms with Gasteiger partial charge in [0, 0.05) is 45.3 Å². The van der Waals surface area contributed by atoms with E-state index in [1.165, 1.54) is 31.4 Å². The zero-order valence-electron chi connectivity index (χ0n) is 18.4. The van der Waals surface area contributed by atoms with Gasteiger partial charge in [-0.1, -0.05) is 30.3 Å². The third kappa shape index (κ3) is 5.15. The molecule has 2 atom stereocenters. The molecule has 3 aliphatic heterocycles. The first kappa shape index (κ1) is 21.2. The first-order chi connectivity index (χ1) is 14.7. The van der Waals surface area contributed by atoms with Crippen molar-refractivity contribution in [2.24, 2.45) is 10.9 Å². The predicted octanol–water partition coefficient (Wildman–Crippen LogP) is 2.56. The number of benzene rings is 1. The summed E-state index contributed by atoms with van der Waals surface area (Å²) in [7, 11) is 0. The van der Waals surface area contributed by atoms with Gasteiger partial charge in [-0.05, 0) is 57.1 Å². The molecule has 0 bridgehead atoms. The summed E-state index contributed by atoms with van der Waals surface area (Å²) in [6.07, 6.45) is 5.98. The molecule has 6 nitrogen and oxygen atoms in total. The van der Waals surface area contributed by atoms with Crippen LogP contribution in [0.2, 0.25) is 0 Å². The summed E-state index contributed by atoms with van der Waals surface area (Å²) in [6.45, 7) is 9.32. The standard InChI is InChI=1S/C24H37N5O/c1-2-25-24(26-17-23(30)27-13-6-7-14-27)29-16-12-22-21(19-29)11-8-15-28(22)18-20-9-4-3-5-10-20/h3-5,9-10,21-22H,2,6-8,11-19H2,1H3,(H,25,26). The van der Waals surface area contributed by atoms with Crippen molar-refractivity contribution in [3.05, 3.63) is 35.9 Å². The second kappa shape index (κ2) is 10.3. The molecule has 0 aromatic heterocycles. The molecule has 1 N–H and O–H groups in total. The average Bonchev–Trinajstić information content (AvgIpc) is 3.32. The van der Waals surface area contributed by atoms with Crippen molar-refractivity contribution in [1.29, 1.82) is 0 Å². The normalized spacial score (nSPS) is 25.3. The molecule has 1 amide bonds. The molecular weight excluding hydrogens is 374 g/mol. The summed E-state index contributed by atoms with van der Waals surface area (Å²) in [5, 5.41) is 3.44. The first-order valence-corrected chi connectivity index (χ1v) is 11.8. The number of amides is 1. The van der Waals surface area contributed by atoms with Crippen molar-refractivity contribution in [2.75, 3.05) is 45.8 Å². The molecule has 1 aromatic rings. The average molecular weight is 412 g/mol. The Morgan fingerprint density at radius 2 is 1.83 bits per heavy atom. The van der Waals surface area contributed by atoms with Crippen molar-refractivity contribution < 1.29 is 4.79 Å². The first-order valence-electron chi connectivity index (χ1n) is 11.8. The Morgan fingerprint density at radius 1 is 1.03 bits per heavy atom. The second-order valence-electron chi connectivity index (χ2n) is 8.92. The topological polar surface area (TPSA) is 51.2 Å². The number of piperidine rings is 2. The molecule has 4 rings (SSSR count). The fourth-order valence-electron chi connectivity index (χ4n) is 5.35. The van der Waals surface area contributed by atoms with Gasteiger partial charge in [0.25, 0.3) is 0 Å². The van der Waals surface area contributed by atoms with Crippen LogP contribution in [0, 0.1) is 5.92 Å². The number of hydrogen-bond acceptors (Lipinski definition) is 3. The molecule has 3 fully saturated rings. The van der Waals surface area contributed by atoms with Crippen LogP contribution in [0.5, 0.6) is 0 Å². The molecule has 0 radical (unpaired) electrons. The third-order valence-electron chi connectivity index (χ3n) is 6.87. The smallest absolute Gasteiger partial charge is 0.244 e. The molecule has 1 aromatic carbocycles. The van der Waals surface area contributed by atoms with E-state index >= 15 is 0 Å². The highest BCUT2D eigenvalue weighted by molar-refractivity contribution is 5.85. The Morgan fingerprint density at radius 3 is 2.60 bits per heavy atom. The molecule has 30 heavy (non-hydrogen) atoms. The van der Waals surface area contributed by atoms with E-state index < -0.39 is 0 Å². The van der Waals surface area contributed by atoms with E-state index in [4.69, 9.17) is 4.99 Å². The number of aliphatic imine (C=N–C) groups is 1. The third-order valence-corrected chi connectivity index (χ3v) is 6.87. The van der Waals surface area contributed by atoms with Crippen LogP contribution in [0.25, 0.3) is 0 Å². The SMILES string of the molecule is CCNC(=NCC(=O)N1CCCC1)N1CCC2C(CCCN2Cc2ccccc2)C1. The van der Waals surface area contributed by atoms with E-state index in [2.05, 4.69) is 52.4 Å². The number of hydrogen-bond donors (Lipinski definition) is 1. The summed E-state index contributed by atoms with van der Waals surface area (Å²) >= 11 is 0. The quantitative estimate of drug-likeness (QED) is 0.598. The van der Waals surface area contributed by atoms with Gasteiger partial charge < -0.3 is 15.1 Å². The molecule has 0 spiro atoms. The summed E-state index contributed by atoms with van der Waals surface area (Å²) in [6, 6.07) is 11.5. The molecule has 3 heterocycles. The van der Waals surface area contributed by atoms with Crippen LogP contribution in [0.15, 0.2) is 35.3 Å². The van der Waals surface area contributed by atoms with E-state index in [-0.39, 0.29) is 12.5 Å². The molecular formula is C24H37N5O. The lowest BCUT2D eigenvalue weighted by Gasteiger charge is -2.48. The molecule has 6 heteroatoms. The maximum absolute atomic E-state index is 12.4. The fraction of sp³-hybridized carbons (Fsp3) is 0.667. The van der Waals surface area contributed by atoms with Gasteiger partial charge >= 0.3 is 0 Å². The lowest BCUT2D eigenvalue weighted by atomic mass is 9.83. The number of guanidine groups is 1. The highest BCUT2D eigenvalue weighted by Crippen LogP contribution is 2.31. The zero-order chi connectivity index (χ0) is 20.8. The van der Waals surface area contributed by atoms with Crippen LogP contribution in [0.1, 0.15) is 44.6 Å². The van der Waals surface area contributed by atoms with Gasteiger partial charge in [-0.15, -0.1) is 0 Å². The molecule has 0 aliphatic carbocycles. The Hall–Kier alpha value is -2.08. The molecule has 3 aliphatic rings. The van der Waals surface area contributed by atoms with Gasteiger partial charge in [0.2, 0.25) is 5.91 Å². The maximum Gasteiger partial charge on any atom is 0.244 e. The Labute approximate surface area is 181 Å². The second-order valence-corrected chi connectivity index (χ2v) is 8.92. The summed E-state index contributed by atoms with van der Waals surface area (Å²) in [5.74, 6) is 1.77. The monoisotopic (exact) mass is 411 g/mol. The van der Waals surface area contributed by atoms with Crippen LogP contribution >= 0.6 is 0 Å². The summed E-state index contributed by atoms with van der Waals surface area (Å²) in [5.41, 5.74) is 1.41. The fourth-order valence-corrected chi connectivity index (χ4v) is 5.35. The molecule has 3 saturated heterocycles. The number of fused-ring (bicyclic) bond motifs is 1. The van der Waals surface area contributed by atoms with Crippen LogP contribution in [0.4, 0.5) is 0 Å². The number of rotatable bonds is 5. The van der Waals surface area contributed by atoms with Gasteiger partial charge in [-0.2, -0.15) is 0 Å². The van der Waals surface area contributed by atoms with Gasteiger partial charge in [0.15, 0.2) is 5.96 Å². The number of carbonyl (C=O) groups excluding carboxylic acids is 1. The van der Waals surface area contributed by atoms with Crippen LogP contribution in [0.3, 0.4) is 0 Å². The molecule has 2 unspecified atom stereocenters. The number of nitrogens with zero attached hydrogens (tertiary/aromatic N) is 4. The summed E-state index contributed by atoms with van der Waals surface area (Å²) < 4.78 is 0. The van der Waals surface area contributed by atoms with Crippen molar-refractivity contribution in [3.8, 4) is 0 Å². The van der Waals surface area contributed by atoms with E-state index in [0.717, 1.165) is 58.1 Å². The number of likely N-dealkylation sites (tertiary alicyclic amines) is 3. The van der Waals surface area contributed by atoms with Gasteiger partial charge in [-0.3, -0.25) is 9.69 Å². The highest BCUT2D eigenvalue weighted by atomic mass is 16.2. The minimum absolute atomic E-state index is 0.171. The van der Waals surface area contributed by atoms with Crippen molar-refractivity contribution in [2.45, 2.75) is 51.6 Å². The van der Waals surface area contributed by atoms with E-state index in [0.29, 0.717) is 12.0 Å². The van der Waals surface area contributed by atoms with E-state index in [9.17, 15) is 4.79 Å². The van der Waals surface area contributed by atoms with Crippen LogP contribution in [-0.4, -0.2) is 78.4 Å². The number of carbonyl (C=O) groups is 1. The van der Waals surface area contributed by atoms with Crippen molar-refractivity contribution >= 4 is 11.9 Å². The Kier molecular flexibility index (Phi) is 7.26. The zero-order valence-corrected chi connectivity index (χ0v) is 18.4.